The maximum Gasteiger partial charge on any atom is 0.253 e. The van der Waals surface area contributed by atoms with Gasteiger partial charge in [0.1, 0.15) is 10.3 Å². The molecule has 15 heavy (non-hydrogen) atoms. The van der Waals surface area contributed by atoms with Crippen molar-refractivity contribution in [2.45, 2.75) is 13.8 Å². The van der Waals surface area contributed by atoms with Gasteiger partial charge >= 0.3 is 0 Å². The molecule has 0 aliphatic heterocycles. The van der Waals surface area contributed by atoms with Gasteiger partial charge in [-0.25, -0.2) is 4.68 Å². The number of halogens is 2. The van der Waals surface area contributed by atoms with Crippen molar-refractivity contribution < 1.29 is 0 Å². The molecule has 0 radical (unpaired) electrons. The van der Waals surface area contributed by atoms with E-state index in [0.717, 1.165) is 11.4 Å². The van der Waals surface area contributed by atoms with Crippen molar-refractivity contribution in [1.82, 2.24) is 19.7 Å². The number of rotatable bonds is 1. The minimum absolute atomic E-state index is 0.303. The van der Waals surface area contributed by atoms with Crippen LogP contribution >= 0.6 is 23.2 Å². The fraction of sp³-hybridized carbons (Fsp3) is 0.222. The van der Waals surface area contributed by atoms with Crippen LogP contribution in [-0.2, 0) is 0 Å². The third-order valence-electron chi connectivity index (χ3n) is 1.85. The van der Waals surface area contributed by atoms with E-state index in [9.17, 15) is 0 Å². The van der Waals surface area contributed by atoms with Crippen LogP contribution in [0.1, 0.15) is 11.4 Å². The third kappa shape index (κ3) is 2.11. The van der Waals surface area contributed by atoms with Crippen LogP contribution in [0.25, 0.3) is 5.95 Å². The van der Waals surface area contributed by atoms with Gasteiger partial charge in [0.2, 0.25) is 0 Å². The van der Waals surface area contributed by atoms with Gasteiger partial charge in [-0.3, -0.25) is 0 Å². The Kier molecular flexibility index (Phi) is 2.63. The first-order chi connectivity index (χ1) is 7.06. The van der Waals surface area contributed by atoms with Crippen molar-refractivity contribution in [3.8, 4) is 5.95 Å². The van der Waals surface area contributed by atoms with Gasteiger partial charge in [-0.15, -0.1) is 0 Å². The van der Waals surface area contributed by atoms with E-state index in [1.807, 2.05) is 19.9 Å². The number of nitrogens with zero attached hydrogens (tertiary/aromatic N) is 4. The molecule has 0 saturated heterocycles. The summed E-state index contributed by atoms with van der Waals surface area (Å²) in [6.45, 7) is 3.81. The highest BCUT2D eigenvalue weighted by atomic mass is 35.5. The van der Waals surface area contributed by atoms with E-state index in [1.165, 1.54) is 6.07 Å². The average Bonchev–Trinajstić information content (AvgIpc) is 2.43. The van der Waals surface area contributed by atoms with Gasteiger partial charge in [0, 0.05) is 11.8 Å². The number of aromatic nitrogens is 4. The molecule has 0 aromatic carbocycles. The van der Waals surface area contributed by atoms with Crippen molar-refractivity contribution in [2.24, 2.45) is 0 Å². The maximum absolute atomic E-state index is 5.78. The normalized spacial score (nSPS) is 10.7. The molecule has 2 aromatic rings. The zero-order chi connectivity index (χ0) is 11.0. The summed E-state index contributed by atoms with van der Waals surface area (Å²) in [7, 11) is 0. The molecule has 0 atom stereocenters. The van der Waals surface area contributed by atoms with Crippen LogP contribution in [0, 0.1) is 13.8 Å². The molecule has 0 aliphatic rings. The summed E-state index contributed by atoms with van der Waals surface area (Å²) in [6.07, 6.45) is 0. The second-order valence-corrected chi connectivity index (χ2v) is 3.93. The molecule has 2 heterocycles. The second kappa shape index (κ2) is 3.79. The first-order valence-corrected chi connectivity index (χ1v) is 5.05. The molecule has 4 nitrogen and oxygen atoms in total. The molecule has 78 valence electrons. The molecule has 2 aromatic heterocycles. The van der Waals surface area contributed by atoms with Crippen LogP contribution in [0.2, 0.25) is 10.3 Å². The summed E-state index contributed by atoms with van der Waals surface area (Å²) in [6, 6.07) is 3.41. The van der Waals surface area contributed by atoms with Crippen LogP contribution in [-0.4, -0.2) is 19.7 Å². The second-order valence-electron chi connectivity index (χ2n) is 3.15. The highest BCUT2D eigenvalue weighted by molar-refractivity contribution is 6.33. The first kappa shape index (κ1) is 10.4. The van der Waals surface area contributed by atoms with E-state index < -0.39 is 0 Å². The van der Waals surface area contributed by atoms with E-state index in [4.69, 9.17) is 23.2 Å². The van der Waals surface area contributed by atoms with E-state index in [2.05, 4.69) is 15.1 Å². The Balaban J connectivity index is 2.58. The Morgan fingerprint density at radius 2 is 1.67 bits per heavy atom. The average molecular weight is 243 g/mol. The molecule has 0 aliphatic carbocycles. The molecule has 6 heteroatoms. The molecule has 0 unspecified atom stereocenters. The van der Waals surface area contributed by atoms with Crippen molar-refractivity contribution in [1.29, 1.82) is 0 Å². The molecular formula is C9H8Cl2N4. The summed E-state index contributed by atoms with van der Waals surface area (Å²) in [4.78, 5) is 8.10. The zero-order valence-corrected chi connectivity index (χ0v) is 9.71. The highest BCUT2D eigenvalue weighted by Gasteiger charge is 2.08. The summed E-state index contributed by atoms with van der Waals surface area (Å²) >= 11 is 11.6. The van der Waals surface area contributed by atoms with E-state index in [1.54, 1.807) is 4.68 Å². The lowest BCUT2D eigenvalue weighted by atomic mass is 10.4. The molecule has 0 amide bonds. The Morgan fingerprint density at radius 1 is 1.07 bits per heavy atom. The summed E-state index contributed by atoms with van der Waals surface area (Å²) in [5, 5.41) is 4.84. The van der Waals surface area contributed by atoms with Gasteiger partial charge in [-0.1, -0.05) is 23.2 Å². The lowest BCUT2D eigenvalue weighted by Gasteiger charge is -2.02. The fourth-order valence-corrected chi connectivity index (χ4v) is 1.72. The molecule has 0 saturated carbocycles. The van der Waals surface area contributed by atoms with Crippen LogP contribution in [0.3, 0.4) is 0 Å². The molecule has 0 bridgehead atoms. The fourth-order valence-electron chi connectivity index (χ4n) is 1.30. The Labute approximate surface area is 96.9 Å². The molecule has 2 rings (SSSR count). The SMILES string of the molecule is Cc1cc(C)n(-c2nc(Cl)cc(Cl)n2)n1. The zero-order valence-electron chi connectivity index (χ0n) is 8.20. The van der Waals surface area contributed by atoms with E-state index in [-0.39, 0.29) is 0 Å². The Morgan fingerprint density at radius 3 is 2.13 bits per heavy atom. The molecular weight excluding hydrogens is 235 g/mol. The first-order valence-electron chi connectivity index (χ1n) is 4.30. The van der Waals surface area contributed by atoms with Gasteiger partial charge in [-0.05, 0) is 19.9 Å². The minimum atomic E-state index is 0.303. The van der Waals surface area contributed by atoms with Crippen LogP contribution < -0.4 is 0 Å². The van der Waals surface area contributed by atoms with E-state index in [0.29, 0.717) is 16.3 Å². The summed E-state index contributed by atoms with van der Waals surface area (Å²) in [5.74, 6) is 0.387. The number of hydrogen-bond acceptors (Lipinski definition) is 3. The number of aryl methyl sites for hydroxylation is 2. The van der Waals surface area contributed by atoms with Gasteiger partial charge < -0.3 is 0 Å². The predicted molar refractivity (Wildman–Crippen MR) is 58.6 cm³/mol. The monoisotopic (exact) mass is 242 g/mol. The lowest BCUT2D eigenvalue weighted by molar-refractivity contribution is 0.774. The molecule has 0 fully saturated rings. The summed E-state index contributed by atoms with van der Waals surface area (Å²) in [5.41, 5.74) is 1.83. The third-order valence-corrected chi connectivity index (χ3v) is 2.24. The Bertz CT molecular complexity index is 487. The maximum atomic E-state index is 5.78. The topological polar surface area (TPSA) is 43.6 Å². The van der Waals surface area contributed by atoms with Crippen molar-refractivity contribution in [2.75, 3.05) is 0 Å². The lowest BCUT2D eigenvalue weighted by Crippen LogP contribution is -2.05. The van der Waals surface area contributed by atoms with Crippen molar-refractivity contribution in [3.63, 3.8) is 0 Å². The highest BCUT2D eigenvalue weighted by Crippen LogP contribution is 2.15. The number of hydrogen-bond donors (Lipinski definition) is 0. The Hall–Kier alpha value is -1.13. The predicted octanol–water partition coefficient (Wildman–Crippen LogP) is 2.59. The van der Waals surface area contributed by atoms with Gasteiger partial charge in [0.05, 0.1) is 5.69 Å². The minimum Gasteiger partial charge on any atom is -0.203 e. The van der Waals surface area contributed by atoms with E-state index >= 15 is 0 Å². The summed E-state index contributed by atoms with van der Waals surface area (Å²) < 4.78 is 1.60. The van der Waals surface area contributed by atoms with Gasteiger partial charge in [0.15, 0.2) is 0 Å². The molecule has 0 N–H and O–H groups in total. The van der Waals surface area contributed by atoms with Crippen molar-refractivity contribution >= 4 is 23.2 Å². The largest absolute Gasteiger partial charge is 0.253 e. The smallest absolute Gasteiger partial charge is 0.203 e. The molecule has 0 spiro atoms. The van der Waals surface area contributed by atoms with Crippen LogP contribution in [0.15, 0.2) is 12.1 Å². The van der Waals surface area contributed by atoms with Gasteiger partial charge in [-0.2, -0.15) is 15.1 Å². The standard InChI is InChI=1S/C9H8Cl2N4/c1-5-3-6(2)15(14-5)9-12-7(10)4-8(11)13-9/h3-4H,1-2H3. The van der Waals surface area contributed by atoms with Crippen molar-refractivity contribution in [3.05, 3.63) is 33.8 Å². The quantitative estimate of drug-likeness (QED) is 0.723. The van der Waals surface area contributed by atoms with Crippen LogP contribution in [0.5, 0.6) is 0 Å². The van der Waals surface area contributed by atoms with Crippen LogP contribution in [0.4, 0.5) is 0 Å². The van der Waals surface area contributed by atoms with Gasteiger partial charge in [0.25, 0.3) is 5.95 Å².